The van der Waals surface area contributed by atoms with Crippen LogP contribution in [0.15, 0.2) is 4.90 Å². The third kappa shape index (κ3) is 4.68. The molecule has 2 N–H and O–H groups in total. The van der Waals surface area contributed by atoms with Crippen molar-refractivity contribution in [3.05, 3.63) is 11.4 Å². The zero-order chi connectivity index (χ0) is 16.5. The Morgan fingerprint density at radius 3 is 2.61 bits per heavy atom. The van der Waals surface area contributed by atoms with Gasteiger partial charge in [0.25, 0.3) is 0 Å². The molecule has 6 nitrogen and oxygen atoms in total. The Labute approximate surface area is 145 Å². The van der Waals surface area contributed by atoms with Crippen LogP contribution in [0, 0.1) is 19.8 Å². The van der Waals surface area contributed by atoms with Gasteiger partial charge in [-0.25, -0.2) is 13.1 Å². The van der Waals surface area contributed by atoms with Gasteiger partial charge in [-0.15, -0.1) is 12.4 Å². The number of piperidine rings is 1. The second kappa shape index (κ2) is 7.96. The van der Waals surface area contributed by atoms with E-state index in [1.54, 1.807) is 11.6 Å². The van der Waals surface area contributed by atoms with E-state index >= 15 is 0 Å². The summed E-state index contributed by atoms with van der Waals surface area (Å²) in [5, 5.41) is 7.73. The highest BCUT2D eigenvalue weighted by Crippen LogP contribution is 2.22. The van der Waals surface area contributed by atoms with Gasteiger partial charge >= 0.3 is 0 Å². The van der Waals surface area contributed by atoms with Crippen molar-refractivity contribution in [2.75, 3.05) is 6.54 Å². The van der Waals surface area contributed by atoms with Crippen molar-refractivity contribution in [2.24, 2.45) is 5.92 Å². The highest BCUT2D eigenvalue weighted by Gasteiger charge is 2.30. The number of nitrogens with zero attached hydrogens (tertiary/aromatic N) is 2. The van der Waals surface area contributed by atoms with Crippen LogP contribution in [0.5, 0.6) is 0 Å². The summed E-state index contributed by atoms with van der Waals surface area (Å²) in [5.41, 5.74) is 1.29. The number of aromatic nitrogens is 2. The number of sulfonamides is 1. The van der Waals surface area contributed by atoms with E-state index in [4.69, 9.17) is 0 Å². The molecule has 2 heterocycles. The molecule has 0 spiro atoms. The SMILES string of the molecule is Cc1nn(CC(C)C)c(C)c1S(=O)(=O)NC1CCCNC1C.Cl. The van der Waals surface area contributed by atoms with E-state index in [-0.39, 0.29) is 24.5 Å². The highest BCUT2D eigenvalue weighted by atomic mass is 35.5. The van der Waals surface area contributed by atoms with Crippen LogP contribution in [0.1, 0.15) is 45.0 Å². The zero-order valence-corrected chi connectivity index (χ0v) is 16.2. The monoisotopic (exact) mass is 364 g/mol. The summed E-state index contributed by atoms with van der Waals surface area (Å²) in [4.78, 5) is 0.339. The summed E-state index contributed by atoms with van der Waals surface area (Å²) < 4.78 is 30.3. The van der Waals surface area contributed by atoms with Gasteiger partial charge in [0.15, 0.2) is 0 Å². The molecule has 2 atom stereocenters. The van der Waals surface area contributed by atoms with Crippen molar-refractivity contribution in [1.29, 1.82) is 0 Å². The van der Waals surface area contributed by atoms with Crippen molar-refractivity contribution in [3.63, 3.8) is 0 Å². The Balaban J connectivity index is 0.00000264. The van der Waals surface area contributed by atoms with Crippen LogP contribution >= 0.6 is 12.4 Å². The van der Waals surface area contributed by atoms with Gasteiger partial charge in [0.1, 0.15) is 4.90 Å². The molecular weight excluding hydrogens is 336 g/mol. The molecule has 2 unspecified atom stereocenters. The largest absolute Gasteiger partial charge is 0.313 e. The van der Waals surface area contributed by atoms with Crippen molar-refractivity contribution in [2.45, 2.75) is 71.0 Å². The van der Waals surface area contributed by atoms with Gasteiger partial charge in [0.05, 0.1) is 11.4 Å². The average Bonchev–Trinajstić information content (AvgIpc) is 2.66. The second-order valence-corrected chi connectivity index (χ2v) is 8.34. The Hall–Kier alpha value is -0.630. The first kappa shape index (κ1) is 20.4. The number of rotatable bonds is 5. The van der Waals surface area contributed by atoms with E-state index in [0.29, 0.717) is 16.5 Å². The lowest BCUT2D eigenvalue weighted by Crippen LogP contribution is -2.51. The highest BCUT2D eigenvalue weighted by molar-refractivity contribution is 7.89. The molecule has 8 heteroatoms. The molecule has 0 aliphatic carbocycles. The van der Waals surface area contributed by atoms with Gasteiger partial charge in [-0.1, -0.05) is 13.8 Å². The van der Waals surface area contributed by atoms with Crippen molar-refractivity contribution < 1.29 is 8.42 Å². The molecule has 0 radical (unpaired) electrons. The van der Waals surface area contributed by atoms with Gasteiger partial charge in [-0.3, -0.25) is 4.68 Å². The normalized spacial score (nSPS) is 22.2. The minimum Gasteiger partial charge on any atom is -0.313 e. The Morgan fingerprint density at radius 1 is 1.39 bits per heavy atom. The molecular formula is C15H29ClN4O2S. The van der Waals surface area contributed by atoms with Gasteiger partial charge in [-0.05, 0) is 46.1 Å². The quantitative estimate of drug-likeness (QED) is 0.837. The lowest BCUT2D eigenvalue weighted by Gasteiger charge is -2.30. The maximum absolute atomic E-state index is 12.8. The molecule has 1 saturated heterocycles. The summed E-state index contributed by atoms with van der Waals surface area (Å²) >= 11 is 0. The molecule has 1 aromatic heterocycles. The van der Waals surface area contributed by atoms with Crippen LogP contribution in [-0.4, -0.2) is 36.8 Å². The third-order valence-electron chi connectivity index (χ3n) is 4.19. The van der Waals surface area contributed by atoms with E-state index < -0.39 is 10.0 Å². The van der Waals surface area contributed by atoms with E-state index in [2.05, 4.69) is 29.0 Å². The van der Waals surface area contributed by atoms with Crippen LogP contribution < -0.4 is 10.0 Å². The molecule has 1 fully saturated rings. The first-order valence-corrected chi connectivity index (χ1v) is 9.50. The minimum atomic E-state index is -3.54. The number of aryl methyl sites for hydroxylation is 1. The molecule has 134 valence electrons. The van der Waals surface area contributed by atoms with Crippen LogP contribution in [0.25, 0.3) is 0 Å². The lowest BCUT2D eigenvalue weighted by molar-refractivity contribution is 0.348. The summed E-state index contributed by atoms with van der Waals surface area (Å²) in [6.45, 7) is 11.5. The predicted octanol–water partition coefficient (Wildman–Crippen LogP) is 2.00. The van der Waals surface area contributed by atoms with Gasteiger partial charge in [-0.2, -0.15) is 5.10 Å². The minimum absolute atomic E-state index is 0. The Bertz CT molecular complexity index is 628. The molecule has 0 amide bonds. The zero-order valence-electron chi connectivity index (χ0n) is 14.6. The topological polar surface area (TPSA) is 76.0 Å². The summed E-state index contributed by atoms with van der Waals surface area (Å²) in [6, 6.07) is 0.0841. The van der Waals surface area contributed by atoms with Crippen LogP contribution in [0.3, 0.4) is 0 Å². The van der Waals surface area contributed by atoms with Crippen LogP contribution in [0.4, 0.5) is 0 Å². The second-order valence-electron chi connectivity index (χ2n) is 6.69. The summed E-state index contributed by atoms with van der Waals surface area (Å²) in [6.07, 6.45) is 1.85. The molecule has 1 aromatic rings. The van der Waals surface area contributed by atoms with Gasteiger partial charge in [0, 0.05) is 18.6 Å². The summed E-state index contributed by atoms with van der Waals surface area (Å²) in [7, 11) is -3.54. The standard InChI is InChI=1S/C15H28N4O2S.ClH/c1-10(2)9-19-13(5)15(12(4)17-19)22(20,21)18-14-7-6-8-16-11(14)3;/h10-11,14,16,18H,6-9H2,1-5H3;1H. The smallest absolute Gasteiger partial charge is 0.244 e. The Morgan fingerprint density at radius 2 is 2.04 bits per heavy atom. The molecule has 1 aliphatic rings. The van der Waals surface area contributed by atoms with Gasteiger partial charge in [0.2, 0.25) is 10.0 Å². The van der Waals surface area contributed by atoms with Crippen molar-refractivity contribution >= 4 is 22.4 Å². The molecule has 1 aliphatic heterocycles. The summed E-state index contributed by atoms with van der Waals surface area (Å²) in [5.74, 6) is 0.420. The Kier molecular flexibility index (Phi) is 7.07. The van der Waals surface area contributed by atoms with Crippen LogP contribution in [-0.2, 0) is 16.6 Å². The third-order valence-corrected chi connectivity index (χ3v) is 5.93. The van der Waals surface area contributed by atoms with Crippen molar-refractivity contribution in [3.8, 4) is 0 Å². The van der Waals surface area contributed by atoms with Crippen molar-refractivity contribution in [1.82, 2.24) is 19.8 Å². The number of halogens is 1. The molecule has 23 heavy (non-hydrogen) atoms. The molecule has 0 aromatic carbocycles. The number of hydrogen-bond donors (Lipinski definition) is 2. The maximum Gasteiger partial charge on any atom is 0.244 e. The van der Waals surface area contributed by atoms with E-state index in [0.717, 1.165) is 31.6 Å². The number of hydrogen-bond acceptors (Lipinski definition) is 4. The fourth-order valence-corrected chi connectivity index (χ4v) is 4.82. The van der Waals surface area contributed by atoms with E-state index in [9.17, 15) is 8.42 Å². The predicted molar refractivity (Wildman–Crippen MR) is 94.6 cm³/mol. The molecule has 0 saturated carbocycles. The fraction of sp³-hybridized carbons (Fsp3) is 0.800. The lowest BCUT2D eigenvalue weighted by atomic mass is 10.0. The molecule has 2 rings (SSSR count). The van der Waals surface area contributed by atoms with Gasteiger partial charge < -0.3 is 5.32 Å². The fourth-order valence-electron chi connectivity index (χ4n) is 3.06. The van der Waals surface area contributed by atoms with E-state index in [1.807, 2.05) is 13.8 Å². The molecule has 0 bridgehead atoms. The first-order chi connectivity index (χ1) is 10.2. The van der Waals surface area contributed by atoms with Crippen LogP contribution in [0.2, 0.25) is 0 Å². The first-order valence-electron chi connectivity index (χ1n) is 8.02. The maximum atomic E-state index is 12.8. The van der Waals surface area contributed by atoms with E-state index in [1.165, 1.54) is 0 Å². The average molecular weight is 365 g/mol. The number of nitrogens with one attached hydrogen (secondary N) is 2.